The second kappa shape index (κ2) is 5.34. The normalized spacial score (nSPS) is 25.2. The zero-order valence-electron chi connectivity index (χ0n) is 10.8. The average molecular weight is 284 g/mol. The van der Waals surface area contributed by atoms with Crippen LogP contribution in [0.5, 0.6) is 0 Å². The minimum atomic E-state index is -4.33. The first-order valence-corrected chi connectivity index (χ1v) is 5.84. The number of rotatable bonds is 4. The van der Waals surface area contributed by atoms with E-state index in [0.29, 0.717) is 4.90 Å². The van der Waals surface area contributed by atoms with Gasteiger partial charge in [-0.15, -0.1) is 0 Å². The summed E-state index contributed by atoms with van der Waals surface area (Å²) in [5.74, 6) is -6.17. The van der Waals surface area contributed by atoms with Crippen LogP contribution in [0.4, 0.5) is 17.6 Å². The van der Waals surface area contributed by atoms with Crippen molar-refractivity contribution in [1.82, 2.24) is 10.2 Å². The number of alkyl halides is 4. The van der Waals surface area contributed by atoms with Crippen molar-refractivity contribution < 1.29 is 27.2 Å². The molecule has 2 amide bonds. The molecule has 0 aliphatic carbocycles. The summed E-state index contributed by atoms with van der Waals surface area (Å²) in [7, 11) is 0. The quantitative estimate of drug-likeness (QED) is 0.790. The summed E-state index contributed by atoms with van der Waals surface area (Å²) < 4.78 is 50.7. The lowest BCUT2D eigenvalue weighted by Crippen LogP contribution is -2.66. The minimum absolute atomic E-state index is 0.454. The van der Waals surface area contributed by atoms with Crippen LogP contribution in [-0.4, -0.2) is 47.7 Å². The Kier molecular flexibility index (Phi) is 4.42. The summed E-state index contributed by atoms with van der Waals surface area (Å²) in [6.45, 7) is 2.98. The highest BCUT2D eigenvalue weighted by Gasteiger charge is 2.49. The molecule has 0 aromatic carbocycles. The van der Waals surface area contributed by atoms with Gasteiger partial charge < -0.3 is 10.2 Å². The Hall–Kier alpha value is -1.34. The maximum Gasteiger partial charge on any atom is 0.324 e. The highest BCUT2D eigenvalue weighted by molar-refractivity contribution is 5.96. The number of carbonyl (C=O) groups excluding carboxylic acids is 2. The first-order chi connectivity index (χ1) is 8.58. The summed E-state index contributed by atoms with van der Waals surface area (Å²) in [6.07, 6.45) is -3.88. The van der Waals surface area contributed by atoms with Crippen LogP contribution < -0.4 is 5.32 Å². The fourth-order valence-electron chi connectivity index (χ4n) is 2.02. The first-order valence-electron chi connectivity index (χ1n) is 5.84. The van der Waals surface area contributed by atoms with Crippen LogP contribution in [0, 0.1) is 5.92 Å². The third-order valence-electron chi connectivity index (χ3n) is 2.95. The number of nitrogens with one attached hydrogen (secondary N) is 1. The zero-order chi connectivity index (χ0) is 15.0. The van der Waals surface area contributed by atoms with Crippen LogP contribution in [0.1, 0.15) is 20.8 Å². The van der Waals surface area contributed by atoms with Gasteiger partial charge >= 0.3 is 12.3 Å². The molecule has 2 unspecified atom stereocenters. The monoisotopic (exact) mass is 284 g/mol. The second-order valence-corrected chi connectivity index (χ2v) is 4.95. The molecule has 19 heavy (non-hydrogen) atoms. The largest absolute Gasteiger partial charge is 0.343 e. The van der Waals surface area contributed by atoms with E-state index in [-0.39, 0.29) is 0 Å². The number of carbonyl (C=O) groups is 2. The molecule has 110 valence electrons. The lowest BCUT2D eigenvalue weighted by atomic mass is 9.97. The summed E-state index contributed by atoms with van der Waals surface area (Å²) in [6, 6.07) is -2.15. The van der Waals surface area contributed by atoms with Crippen molar-refractivity contribution in [3.05, 3.63) is 0 Å². The number of amides is 2. The van der Waals surface area contributed by atoms with Crippen LogP contribution in [0.3, 0.4) is 0 Å². The lowest BCUT2D eigenvalue weighted by Gasteiger charge is -2.41. The minimum Gasteiger partial charge on any atom is -0.343 e. The van der Waals surface area contributed by atoms with Crippen LogP contribution in [0.2, 0.25) is 0 Å². The summed E-state index contributed by atoms with van der Waals surface area (Å²) in [5.41, 5.74) is 0. The fourth-order valence-corrected chi connectivity index (χ4v) is 2.02. The number of hydrogen-bond donors (Lipinski definition) is 1. The molecule has 1 rings (SSSR count). The molecule has 0 radical (unpaired) electrons. The fraction of sp³-hybridized carbons (Fsp3) is 0.818. The van der Waals surface area contributed by atoms with Crippen molar-refractivity contribution in [3.63, 3.8) is 0 Å². The van der Waals surface area contributed by atoms with Gasteiger partial charge in [-0.3, -0.25) is 9.59 Å². The SMILES string of the molecule is CC1NC(=O)C(C(C)C)N(CC(F)(F)C(F)F)C1=O. The second-order valence-electron chi connectivity index (χ2n) is 4.95. The molecule has 4 nitrogen and oxygen atoms in total. The van der Waals surface area contributed by atoms with E-state index in [1.807, 2.05) is 0 Å². The maximum atomic E-state index is 13.1. The predicted molar refractivity (Wildman–Crippen MR) is 58.9 cm³/mol. The van der Waals surface area contributed by atoms with Crippen LogP contribution in [-0.2, 0) is 9.59 Å². The van der Waals surface area contributed by atoms with Gasteiger partial charge in [0, 0.05) is 0 Å². The molecule has 2 atom stereocenters. The van der Waals surface area contributed by atoms with Crippen molar-refractivity contribution in [1.29, 1.82) is 0 Å². The molecular formula is C11H16F4N2O2. The molecule has 1 saturated heterocycles. The molecule has 1 aliphatic heterocycles. The molecule has 0 saturated carbocycles. The van der Waals surface area contributed by atoms with E-state index >= 15 is 0 Å². The summed E-state index contributed by atoms with van der Waals surface area (Å²) in [4.78, 5) is 24.1. The van der Waals surface area contributed by atoms with Gasteiger partial charge in [-0.2, -0.15) is 8.78 Å². The van der Waals surface area contributed by atoms with Crippen molar-refractivity contribution >= 4 is 11.8 Å². The number of piperazine rings is 1. The van der Waals surface area contributed by atoms with Crippen LogP contribution in [0.15, 0.2) is 0 Å². The zero-order valence-corrected chi connectivity index (χ0v) is 10.8. The standard InChI is InChI=1S/C11H16F4N2O2/c1-5(2)7-8(18)16-6(3)9(19)17(7)4-11(14,15)10(12)13/h5-7,10H,4H2,1-3H3,(H,16,18). The Morgan fingerprint density at radius 1 is 1.32 bits per heavy atom. The smallest absolute Gasteiger partial charge is 0.324 e. The van der Waals surface area contributed by atoms with Gasteiger partial charge in [0.25, 0.3) is 0 Å². The third-order valence-corrected chi connectivity index (χ3v) is 2.95. The number of halogens is 4. The molecule has 1 fully saturated rings. The molecule has 0 aromatic heterocycles. The van der Waals surface area contributed by atoms with Gasteiger partial charge in [0.15, 0.2) is 0 Å². The van der Waals surface area contributed by atoms with Crippen molar-refractivity contribution in [2.24, 2.45) is 5.92 Å². The molecule has 0 bridgehead atoms. The molecule has 0 aromatic rings. The Labute approximate surface area is 108 Å². The molecule has 8 heteroatoms. The summed E-state index contributed by atoms with van der Waals surface area (Å²) >= 11 is 0. The van der Waals surface area contributed by atoms with E-state index in [1.54, 1.807) is 13.8 Å². The van der Waals surface area contributed by atoms with Crippen LogP contribution in [0.25, 0.3) is 0 Å². The highest BCUT2D eigenvalue weighted by atomic mass is 19.3. The van der Waals surface area contributed by atoms with Gasteiger partial charge in [0.1, 0.15) is 12.1 Å². The van der Waals surface area contributed by atoms with Crippen molar-refractivity contribution in [2.45, 2.75) is 45.2 Å². The Morgan fingerprint density at radius 2 is 1.84 bits per heavy atom. The number of nitrogens with zero attached hydrogens (tertiary/aromatic N) is 1. The maximum absolute atomic E-state index is 13.1. The van der Waals surface area contributed by atoms with Gasteiger partial charge in [-0.25, -0.2) is 8.78 Å². The van der Waals surface area contributed by atoms with E-state index in [2.05, 4.69) is 5.32 Å². The molecule has 1 N–H and O–H groups in total. The Balaban J connectivity index is 3.03. The number of hydrogen-bond acceptors (Lipinski definition) is 2. The van der Waals surface area contributed by atoms with Gasteiger partial charge in [-0.05, 0) is 12.8 Å². The molecular weight excluding hydrogens is 268 g/mol. The predicted octanol–water partition coefficient (Wildman–Crippen LogP) is 1.26. The van der Waals surface area contributed by atoms with Crippen molar-refractivity contribution in [3.8, 4) is 0 Å². The van der Waals surface area contributed by atoms with Crippen molar-refractivity contribution in [2.75, 3.05) is 6.54 Å². The molecule has 0 spiro atoms. The van der Waals surface area contributed by atoms with E-state index in [1.165, 1.54) is 6.92 Å². The molecule has 1 aliphatic rings. The summed E-state index contributed by atoms with van der Waals surface area (Å²) in [5, 5.41) is 2.34. The lowest BCUT2D eigenvalue weighted by molar-refractivity contribution is -0.171. The average Bonchev–Trinajstić information content (AvgIpc) is 2.24. The van der Waals surface area contributed by atoms with Crippen LogP contribution >= 0.6 is 0 Å². The first kappa shape index (κ1) is 15.7. The highest BCUT2D eigenvalue weighted by Crippen LogP contribution is 2.27. The van der Waals surface area contributed by atoms with E-state index < -0.39 is 48.7 Å². The van der Waals surface area contributed by atoms with Gasteiger partial charge in [0.2, 0.25) is 11.8 Å². The van der Waals surface area contributed by atoms with E-state index in [0.717, 1.165) is 0 Å². The molecule has 1 heterocycles. The Bertz CT molecular complexity index is 374. The van der Waals surface area contributed by atoms with E-state index in [4.69, 9.17) is 0 Å². The third kappa shape index (κ3) is 3.16. The van der Waals surface area contributed by atoms with E-state index in [9.17, 15) is 27.2 Å². The topological polar surface area (TPSA) is 49.4 Å². The Morgan fingerprint density at radius 3 is 2.26 bits per heavy atom. The van der Waals surface area contributed by atoms with Gasteiger partial charge in [-0.1, -0.05) is 13.8 Å². The van der Waals surface area contributed by atoms with Gasteiger partial charge in [0.05, 0.1) is 6.54 Å².